The Labute approximate surface area is 101 Å². The van der Waals surface area contributed by atoms with Crippen LogP contribution in [-0.4, -0.2) is 24.7 Å². The lowest BCUT2D eigenvalue weighted by Gasteiger charge is -2.26. The molecule has 0 aliphatic heterocycles. The van der Waals surface area contributed by atoms with Crippen LogP contribution in [0.25, 0.3) is 0 Å². The van der Waals surface area contributed by atoms with E-state index >= 15 is 0 Å². The molecule has 0 bridgehead atoms. The summed E-state index contributed by atoms with van der Waals surface area (Å²) in [4.78, 5) is 11.1. The summed E-state index contributed by atoms with van der Waals surface area (Å²) in [7, 11) is 1.57. The molecule has 1 saturated carbocycles. The molecule has 92 valence electrons. The van der Waals surface area contributed by atoms with Gasteiger partial charge >= 0.3 is 5.97 Å². The maximum Gasteiger partial charge on any atom is 0.337 e. The molecule has 0 heterocycles. The molecule has 0 unspecified atom stereocenters. The molecular formula is C13H17NO3. The molecule has 17 heavy (non-hydrogen) atoms. The van der Waals surface area contributed by atoms with E-state index in [1.165, 1.54) is 19.3 Å². The molecule has 0 aromatic heterocycles. The summed E-state index contributed by atoms with van der Waals surface area (Å²) in [5, 5.41) is 12.3. The first-order chi connectivity index (χ1) is 8.20. The van der Waals surface area contributed by atoms with Crippen molar-refractivity contribution in [3.8, 4) is 5.75 Å². The molecule has 0 amide bonds. The standard InChI is InChI=1S/C13H17NO3/c1-17-10-5-6-11(13(15)16)12(7-10)14-8-9-3-2-4-9/h5-7,9,14H,2-4,8H2,1H3,(H,15,16). The minimum absolute atomic E-state index is 0.296. The summed E-state index contributed by atoms with van der Waals surface area (Å²) in [5.74, 6) is 0.442. The average molecular weight is 235 g/mol. The third-order valence-electron chi connectivity index (χ3n) is 3.26. The predicted molar refractivity (Wildman–Crippen MR) is 65.8 cm³/mol. The fraction of sp³-hybridized carbons (Fsp3) is 0.462. The first kappa shape index (κ1) is 11.8. The number of hydrogen-bond donors (Lipinski definition) is 2. The third-order valence-corrected chi connectivity index (χ3v) is 3.26. The highest BCUT2D eigenvalue weighted by molar-refractivity contribution is 5.94. The van der Waals surface area contributed by atoms with E-state index in [0.717, 1.165) is 6.54 Å². The number of carbonyl (C=O) groups is 1. The maximum atomic E-state index is 11.1. The van der Waals surface area contributed by atoms with Crippen molar-refractivity contribution >= 4 is 11.7 Å². The highest BCUT2D eigenvalue weighted by Gasteiger charge is 2.18. The van der Waals surface area contributed by atoms with Crippen molar-refractivity contribution in [3.05, 3.63) is 23.8 Å². The molecule has 2 rings (SSSR count). The van der Waals surface area contributed by atoms with Gasteiger partial charge in [0.25, 0.3) is 0 Å². The monoisotopic (exact) mass is 235 g/mol. The third kappa shape index (κ3) is 2.70. The zero-order valence-corrected chi connectivity index (χ0v) is 9.90. The number of anilines is 1. The van der Waals surface area contributed by atoms with Gasteiger partial charge in [-0.2, -0.15) is 0 Å². The predicted octanol–water partition coefficient (Wildman–Crippen LogP) is 2.61. The Hall–Kier alpha value is -1.71. The van der Waals surface area contributed by atoms with Gasteiger partial charge in [0.1, 0.15) is 5.75 Å². The minimum atomic E-state index is -0.913. The molecule has 1 aliphatic carbocycles. The van der Waals surface area contributed by atoms with Crippen molar-refractivity contribution in [2.45, 2.75) is 19.3 Å². The summed E-state index contributed by atoms with van der Waals surface area (Å²) in [6, 6.07) is 4.98. The number of carboxylic acids is 1. The highest BCUT2D eigenvalue weighted by atomic mass is 16.5. The van der Waals surface area contributed by atoms with Crippen LogP contribution in [0, 0.1) is 5.92 Å². The second-order valence-corrected chi connectivity index (χ2v) is 4.39. The molecule has 4 heteroatoms. The molecular weight excluding hydrogens is 218 g/mol. The average Bonchev–Trinajstić information content (AvgIpc) is 2.26. The number of benzene rings is 1. The molecule has 1 aliphatic rings. The van der Waals surface area contributed by atoms with E-state index in [1.807, 2.05) is 0 Å². The van der Waals surface area contributed by atoms with Gasteiger partial charge in [0.15, 0.2) is 0 Å². The molecule has 0 radical (unpaired) electrons. The second kappa shape index (κ2) is 5.08. The molecule has 2 N–H and O–H groups in total. The first-order valence-electron chi connectivity index (χ1n) is 5.86. The van der Waals surface area contributed by atoms with Crippen molar-refractivity contribution < 1.29 is 14.6 Å². The van der Waals surface area contributed by atoms with E-state index in [0.29, 0.717) is 22.9 Å². The van der Waals surface area contributed by atoms with Crippen LogP contribution in [0.5, 0.6) is 5.75 Å². The van der Waals surface area contributed by atoms with E-state index in [-0.39, 0.29) is 0 Å². The largest absolute Gasteiger partial charge is 0.497 e. The van der Waals surface area contributed by atoms with Gasteiger partial charge in [0.05, 0.1) is 18.4 Å². The molecule has 0 saturated heterocycles. The Bertz CT molecular complexity index is 413. The lowest BCUT2D eigenvalue weighted by Crippen LogP contribution is -2.21. The molecule has 0 atom stereocenters. The molecule has 1 aromatic carbocycles. The Morgan fingerprint density at radius 1 is 1.53 bits per heavy atom. The van der Waals surface area contributed by atoms with Crippen molar-refractivity contribution in [2.75, 3.05) is 19.0 Å². The summed E-state index contributed by atoms with van der Waals surface area (Å²) in [6.45, 7) is 0.841. The van der Waals surface area contributed by atoms with Crippen molar-refractivity contribution in [1.82, 2.24) is 0 Å². The van der Waals surface area contributed by atoms with E-state index < -0.39 is 5.97 Å². The van der Waals surface area contributed by atoms with Crippen LogP contribution in [0.4, 0.5) is 5.69 Å². The number of nitrogens with one attached hydrogen (secondary N) is 1. The fourth-order valence-electron chi connectivity index (χ4n) is 1.93. The van der Waals surface area contributed by atoms with Crippen LogP contribution in [0.1, 0.15) is 29.6 Å². The summed E-state index contributed by atoms with van der Waals surface area (Å²) in [5.41, 5.74) is 0.939. The van der Waals surface area contributed by atoms with Gasteiger partial charge in [-0.15, -0.1) is 0 Å². The van der Waals surface area contributed by atoms with Crippen LogP contribution in [0.2, 0.25) is 0 Å². The van der Waals surface area contributed by atoms with Gasteiger partial charge in [0, 0.05) is 12.6 Å². The van der Waals surface area contributed by atoms with Gasteiger partial charge in [0.2, 0.25) is 0 Å². The second-order valence-electron chi connectivity index (χ2n) is 4.39. The van der Waals surface area contributed by atoms with Crippen LogP contribution in [0.3, 0.4) is 0 Å². The summed E-state index contributed by atoms with van der Waals surface area (Å²) >= 11 is 0. The van der Waals surface area contributed by atoms with E-state index in [4.69, 9.17) is 9.84 Å². The SMILES string of the molecule is COc1ccc(C(=O)O)c(NCC2CCC2)c1. The van der Waals surface area contributed by atoms with Gasteiger partial charge < -0.3 is 15.2 Å². The smallest absolute Gasteiger partial charge is 0.337 e. The normalized spacial score (nSPS) is 15.1. The number of carboxylic acid groups (broad SMARTS) is 1. The Morgan fingerprint density at radius 2 is 2.29 bits per heavy atom. The Balaban J connectivity index is 2.12. The zero-order chi connectivity index (χ0) is 12.3. The van der Waals surface area contributed by atoms with Crippen LogP contribution < -0.4 is 10.1 Å². The van der Waals surface area contributed by atoms with Crippen molar-refractivity contribution in [3.63, 3.8) is 0 Å². The molecule has 0 spiro atoms. The van der Waals surface area contributed by atoms with Crippen LogP contribution >= 0.6 is 0 Å². The van der Waals surface area contributed by atoms with Gasteiger partial charge in [-0.05, 0) is 30.9 Å². The topological polar surface area (TPSA) is 58.6 Å². The lowest BCUT2D eigenvalue weighted by molar-refractivity contribution is 0.0698. The van der Waals surface area contributed by atoms with Crippen molar-refractivity contribution in [2.24, 2.45) is 5.92 Å². The number of ether oxygens (including phenoxy) is 1. The fourth-order valence-corrected chi connectivity index (χ4v) is 1.93. The van der Waals surface area contributed by atoms with E-state index in [2.05, 4.69) is 5.32 Å². The Morgan fingerprint density at radius 3 is 2.82 bits per heavy atom. The zero-order valence-electron chi connectivity index (χ0n) is 9.90. The Kier molecular flexibility index (Phi) is 3.52. The maximum absolute atomic E-state index is 11.1. The van der Waals surface area contributed by atoms with Crippen LogP contribution in [0.15, 0.2) is 18.2 Å². The minimum Gasteiger partial charge on any atom is -0.497 e. The number of methoxy groups -OCH3 is 1. The number of rotatable bonds is 5. The van der Waals surface area contributed by atoms with E-state index in [1.54, 1.807) is 25.3 Å². The van der Waals surface area contributed by atoms with E-state index in [9.17, 15) is 4.79 Å². The molecule has 4 nitrogen and oxygen atoms in total. The first-order valence-corrected chi connectivity index (χ1v) is 5.86. The van der Waals surface area contributed by atoms with Gasteiger partial charge in [-0.3, -0.25) is 0 Å². The van der Waals surface area contributed by atoms with Gasteiger partial charge in [-0.25, -0.2) is 4.79 Å². The highest BCUT2D eigenvalue weighted by Crippen LogP contribution is 2.28. The quantitative estimate of drug-likeness (QED) is 0.823. The summed E-state index contributed by atoms with van der Waals surface area (Å²) < 4.78 is 5.10. The number of hydrogen-bond acceptors (Lipinski definition) is 3. The number of aromatic carboxylic acids is 1. The summed E-state index contributed by atoms with van der Waals surface area (Å²) in [6.07, 6.45) is 3.76. The van der Waals surface area contributed by atoms with Crippen LogP contribution in [-0.2, 0) is 0 Å². The molecule has 1 fully saturated rings. The lowest BCUT2D eigenvalue weighted by atomic mass is 9.85. The van der Waals surface area contributed by atoms with Gasteiger partial charge in [-0.1, -0.05) is 6.42 Å². The van der Waals surface area contributed by atoms with Crippen molar-refractivity contribution in [1.29, 1.82) is 0 Å². The molecule has 1 aromatic rings.